The first-order valence-corrected chi connectivity index (χ1v) is 13.9. The molecule has 4 N–H and O–H groups in total. The fraction of sp³-hybridized carbons (Fsp3) is 0.500. The van der Waals surface area contributed by atoms with Crippen molar-refractivity contribution in [3.8, 4) is 0 Å². The maximum atomic E-state index is 13.9. The molecule has 0 bridgehead atoms. The number of carbonyl (C=O) groups is 3. The predicted molar refractivity (Wildman–Crippen MR) is 151 cm³/mol. The Balaban J connectivity index is 2.25. The fourth-order valence-corrected chi connectivity index (χ4v) is 4.43. The SMILES string of the molecule is CCCNC(=O)NCC[C@H](O)[C@@H](Cc1cc(F)cc(F)c1)NC(=O)c1cc(C)cc(C(=O)N(CCC)CCC)c1. The minimum Gasteiger partial charge on any atom is -0.391 e. The molecule has 4 amide bonds. The Morgan fingerprint density at radius 3 is 2.05 bits per heavy atom. The van der Waals surface area contributed by atoms with Gasteiger partial charge in [-0.25, -0.2) is 13.6 Å². The van der Waals surface area contributed by atoms with Gasteiger partial charge in [-0.15, -0.1) is 0 Å². The maximum absolute atomic E-state index is 13.9. The molecule has 8 nitrogen and oxygen atoms in total. The molecule has 0 aliphatic rings. The molecule has 0 radical (unpaired) electrons. The lowest BCUT2D eigenvalue weighted by Gasteiger charge is -2.25. The predicted octanol–water partition coefficient (Wildman–Crippen LogP) is 4.34. The average Bonchev–Trinajstić information content (AvgIpc) is 2.90. The summed E-state index contributed by atoms with van der Waals surface area (Å²) in [6, 6.07) is 6.63. The number of halogens is 2. The highest BCUT2D eigenvalue weighted by atomic mass is 19.1. The first-order valence-electron chi connectivity index (χ1n) is 13.9. The fourth-order valence-electron chi connectivity index (χ4n) is 4.43. The van der Waals surface area contributed by atoms with E-state index < -0.39 is 29.7 Å². The summed E-state index contributed by atoms with van der Waals surface area (Å²) in [6.07, 6.45) is 1.28. The van der Waals surface area contributed by atoms with Crippen LogP contribution < -0.4 is 16.0 Å². The van der Waals surface area contributed by atoms with E-state index in [0.29, 0.717) is 25.2 Å². The molecule has 0 spiro atoms. The van der Waals surface area contributed by atoms with Crippen molar-refractivity contribution in [2.24, 2.45) is 0 Å². The quantitative estimate of drug-likeness (QED) is 0.260. The molecule has 2 atom stereocenters. The molecule has 10 heteroatoms. The lowest BCUT2D eigenvalue weighted by Crippen LogP contribution is -2.46. The summed E-state index contributed by atoms with van der Waals surface area (Å²) in [7, 11) is 0. The van der Waals surface area contributed by atoms with Gasteiger partial charge in [0.1, 0.15) is 11.6 Å². The minimum absolute atomic E-state index is 0.0536. The standard InChI is InChI=1S/C30H42F2N4O4/c1-5-9-33-30(40)34-10-8-27(37)26(17-21-15-24(31)19-25(32)16-21)35-28(38)22-13-20(4)14-23(18-22)29(39)36(11-6-2)12-7-3/h13-16,18-19,26-27,37H,5-12,17H2,1-4H3,(H,35,38)(H2,33,34,40)/t26-,27+/m1/s1. The highest BCUT2D eigenvalue weighted by molar-refractivity contribution is 6.00. The normalized spacial score (nSPS) is 12.4. The van der Waals surface area contributed by atoms with Crippen molar-refractivity contribution in [2.75, 3.05) is 26.2 Å². The molecular formula is C30H42F2N4O4. The minimum atomic E-state index is -1.14. The van der Waals surface area contributed by atoms with Gasteiger partial charge in [0.15, 0.2) is 0 Å². The number of aryl methyl sites for hydroxylation is 1. The van der Waals surface area contributed by atoms with E-state index in [1.807, 2.05) is 20.8 Å². The van der Waals surface area contributed by atoms with Gasteiger partial charge in [0.25, 0.3) is 11.8 Å². The highest BCUT2D eigenvalue weighted by Gasteiger charge is 2.24. The molecule has 2 rings (SSSR count). The Bertz CT molecular complexity index is 1120. The van der Waals surface area contributed by atoms with Gasteiger partial charge in [-0.2, -0.15) is 0 Å². The number of aliphatic hydroxyl groups excluding tert-OH is 1. The van der Waals surface area contributed by atoms with Crippen LogP contribution in [-0.4, -0.2) is 66.2 Å². The molecule has 0 fully saturated rings. The second-order valence-electron chi connectivity index (χ2n) is 9.98. The van der Waals surface area contributed by atoms with E-state index in [9.17, 15) is 28.3 Å². The Hall–Kier alpha value is -3.53. The number of benzene rings is 2. The molecule has 0 aliphatic carbocycles. The lowest BCUT2D eigenvalue weighted by molar-refractivity contribution is 0.0755. The van der Waals surface area contributed by atoms with Crippen LogP contribution in [0, 0.1) is 18.6 Å². The van der Waals surface area contributed by atoms with Gasteiger partial charge >= 0.3 is 6.03 Å². The van der Waals surface area contributed by atoms with Crippen LogP contribution in [0.4, 0.5) is 13.6 Å². The first-order chi connectivity index (χ1) is 19.1. The number of carbonyl (C=O) groups excluding carboxylic acids is 3. The smallest absolute Gasteiger partial charge is 0.314 e. The zero-order valence-electron chi connectivity index (χ0n) is 23.9. The monoisotopic (exact) mass is 560 g/mol. The zero-order chi connectivity index (χ0) is 29.7. The van der Waals surface area contributed by atoms with Crippen LogP contribution in [0.5, 0.6) is 0 Å². The van der Waals surface area contributed by atoms with Gasteiger partial charge in [0.05, 0.1) is 12.1 Å². The number of nitrogens with zero attached hydrogens (tertiary/aromatic N) is 1. The van der Waals surface area contributed by atoms with E-state index in [1.54, 1.807) is 24.0 Å². The van der Waals surface area contributed by atoms with E-state index in [0.717, 1.165) is 43.0 Å². The third-order valence-electron chi connectivity index (χ3n) is 6.28. The van der Waals surface area contributed by atoms with Crippen LogP contribution in [-0.2, 0) is 6.42 Å². The molecular weight excluding hydrogens is 518 g/mol. The summed E-state index contributed by atoms with van der Waals surface area (Å²) in [5, 5.41) is 19.0. The van der Waals surface area contributed by atoms with Crippen molar-refractivity contribution >= 4 is 17.8 Å². The molecule has 2 aromatic carbocycles. The van der Waals surface area contributed by atoms with Crippen LogP contribution in [0.2, 0.25) is 0 Å². The molecule has 40 heavy (non-hydrogen) atoms. The van der Waals surface area contributed by atoms with Crippen LogP contribution in [0.3, 0.4) is 0 Å². The number of hydrogen-bond donors (Lipinski definition) is 4. The Morgan fingerprint density at radius 1 is 0.850 bits per heavy atom. The van der Waals surface area contributed by atoms with E-state index in [1.165, 1.54) is 6.07 Å². The Labute approximate surface area is 235 Å². The van der Waals surface area contributed by atoms with Crippen molar-refractivity contribution in [3.63, 3.8) is 0 Å². The van der Waals surface area contributed by atoms with Gasteiger partial charge in [-0.05, 0) is 80.5 Å². The third-order valence-corrected chi connectivity index (χ3v) is 6.28. The van der Waals surface area contributed by atoms with Gasteiger partial charge < -0.3 is 26.0 Å². The summed E-state index contributed by atoms with van der Waals surface area (Å²) in [5.41, 5.74) is 1.59. The number of rotatable bonds is 15. The van der Waals surface area contributed by atoms with Gasteiger partial charge in [-0.1, -0.05) is 20.8 Å². The molecule has 220 valence electrons. The summed E-state index contributed by atoms with van der Waals surface area (Å²) in [6.45, 7) is 9.53. The van der Waals surface area contributed by atoms with Crippen LogP contribution >= 0.6 is 0 Å². The molecule has 0 saturated carbocycles. The van der Waals surface area contributed by atoms with Crippen LogP contribution in [0.15, 0.2) is 36.4 Å². The second-order valence-corrected chi connectivity index (χ2v) is 9.98. The molecule has 0 saturated heterocycles. The second kappa shape index (κ2) is 16.5. The number of amides is 4. The molecule has 0 aromatic heterocycles. The average molecular weight is 561 g/mol. The molecule has 0 unspecified atom stereocenters. The Kier molecular flexibility index (Phi) is 13.5. The first kappa shape index (κ1) is 32.7. The lowest BCUT2D eigenvalue weighted by atomic mass is 9.97. The molecule has 2 aromatic rings. The summed E-state index contributed by atoms with van der Waals surface area (Å²) < 4.78 is 27.7. The summed E-state index contributed by atoms with van der Waals surface area (Å²) in [4.78, 5) is 40.1. The Morgan fingerprint density at radius 2 is 1.45 bits per heavy atom. The van der Waals surface area contributed by atoms with Crippen LogP contribution in [0.25, 0.3) is 0 Å². The topological polar surface area (TPSA) is 111 Å². The van der Waals surface area contributed by atoms with E-state index in [4.69, 9.17) is 0 Å². The number of aliphatic hydroxyl groups is 1. The largest absolute Gasteiger partial charge is 0.391 e. The van der Waals surface area contributed by atoms with Gasteiger partial charge in [0, 0.05) is 43.4 Å². The zero-order valence-corrected chi connectivity index (χ0v) is 23.9. The highest BCUT2D eigenvalue weighted by Crippen LogP contribution is 2.16. The van der Waals surface area contributed by atoms with Crippen molar-refractivity contribution < 1.29 is 28.3 Å². The van der Waals surface area contributed by atoms with Crippen LogP contribution in [0.1, 0.15) is 78.3 Å². The third kappa shape index (κ3) is 10.6. The summed E-state index contributed by atoms with van der Waals surface area (Å²) in [5.74, 6) is -2.24. The van der Waals surface area contributed by atoms with Gasteiger partial charge in [-0.3, -0.25) is 9.59 Å². The number of hydrogen-bond acceptors (Lipinski definition) is 4. The van der Waals surface area contributed by atoms with Crippen molar-refractivity contribution in [2.45, 2.75) is 71.9 Å². The number of urea groups is 1. The van der Waals surface area contributed by atoms with Gasteiger partial charge in [0.2, 0.25) is 0 Å². The maximum Gasteiger partial charge on any atom is 0.314 e. The van der Waals surface area contributed by atoms with Crippen molar-refractivity contribution in [1.82, 2.24) is 20.9 Å². The number of nitrogens with one attached hydrogen (secondary N) is 3. The summed E-state index contributed by atoms with van der Waals surface area (Å²) >= 11 is 0. The van der Waals surface area contributed by atoms with E-state index in [-0.39, 0.29) is 42.5 Å². The molecule has 0 heterocycles. The van der Waals surface area contributed by atoms with Crippen molar-refractivity contribution in [1.29, 1.82) is 0 Å². The molecule has 0 aliphatic heterocycles. The van der Waals surface area contributed by atoms with E-state index >= 15 is 0 Å². The van der Waals surface area contributed by atoms with Crippen molar-refractivity contribution in [3.05, 3.63) is 70.3 Å². The van der Waals surface area contributed by atoms with E-state index in [2.05, 4.69) is 16.0 Å².